The predicted octanol–water partition coefficient (Wildman–Crippen LogP) is 5.99. The number of carbonyl (C=O) groups is 2. The van der Waals surface area contributed by atoms with Crippen molar-refractivity contribution in [3.8, 4) is 11.3 Å². The van der Waals surface area contributed by atoms with Gasteiger partial charge < -0.3 is 10.0 Å². The summed E-state index contributed by atoms with van der Waals surface area (Å²) in [6.07, 6.45) is 2.02. The van der Waals surface area contributed by atoms with E-state index in [4.69, 9.17) is 26.7 Å². The molecule has 2 heterocycles. The Morgan fingerprint density at radius 1 is 0.917 bits per heavy atom. The zero-order chi connectivity index (χ0) is 25.1. The number of carboxylic acid groups (broad SMARTS) is 1. The number of amides is 1. The number of hydrogen-bond acceptors (Lipinski definition) is 4. The van der Waals surface area contributed by atoms with E-state index in [1.54, 1.807) is 0 Å². The van der Waals surface area contributed by atoms with Crippen LogP contribution in [0.4, 0.5) is 0 Å². The number of rotatable bonds is 8. The molecule has 5 rings (SSSR count). The minimum atomic E-state index is -0.796. The van der Waals surface area contributed by atoms with Gasteiger partial charge in [-0.3, -0.25) is 9.59 Å². The predicted molar refractivity (Wildman–Crippen MR) is 140 cm³/mol. The highest BCUT2D eigenvalue weighted by molar-refractivity contribution is 6.30. The van der Waals surface area contributed by atoms with Crippen molar-refractivity contribution in [1.82, 2.24) is 14.9 Å². The maximum Gasteiger partial charge on any atom is 0.303 e. The molecule has 0 unspecified atom stereocenters. The summed E-state index contributed by atoms with van der Waals surface area (Å²) < 4.78 is 0. The number of hydrogen-bond donors (Lipinski definition) is 1. The summed E-state index contributed by atoms with van der Waals surface area (Å²) in [4.78, 5) is 35.7. The zero-order valence-corrected chi connectivity index (χ0v) is 20.5. The number of carboxylic acids is 1. The second kappa shape index (κ2) is 10.5. The van der Waals surface area contributed by atoms with E-state index in [-0.39, 0.29) is 12.3 Å². The van der Waals surface area contributed by atoms with E-state index in [1.165, 1.54) is 5.56 Å². The summed E-state index contributed by atoms with van der Waals surface area (Å²) in [5.74, 6) is -0.494. The third-order valence-electron chi connectivity index (χ3n) is 6.59. The number of benzene rings is 3. The molecule has 1 aromatic heterocycles. The van der Waals surface area contributed by atoms with Crippen LogP contribution in [0.2, 0.25) is 5.02 Å². The molecular weight excluding hydrogens is 474 g/mol. The molecule has 1 aliphatic rings. The molecule has 1 amide bonds. The molecule has 1 saturated heterocycles. The lowest BCUT2D eigenvalue weighted by molar-refractivity contribution is -0.137. The van der Waals surface area contributed by atoms with Crippen molar-refractivity contribution in [1.29, 1.82) is 0 Å². The first kappa shape index (κ1) is 23.9. The van der Waals surface area contributed by atoms with Crippen LogP contribution in [0.5, 0.6) is 0 Å². The first-order chi connectivity index (χ1) is 17.5. The Morgan fingerprint density at radius 2 is 1.67 bits per heavy atom. The molecule has 3 aromatic carbocycles. The van der Waals surface area contributed by atoms with Gasteiger partial charge in [-0.2, -0.15) is 0 Å². The third-order valence-corrected chi connectivity index (χ3v) is 6.85. The van der Waals surface area contributed by atoms with Crippen molar-refractivity contribution in [2.75, 3.05) is 13.1 Å². The molecule has 0 bridgehead atoms. The minimum absolute atomic E-state index is 0.0148. The van der Waals surface area contributed by atoms with E-state index < -0.39 is 5.97 Å². The fraction of sp³-hybridized carbons (Fsp3) is 0.241. The zero-order valence-electron chi connectivity index (χ0n) is 19.7. The van der Waals surface area contributed by atoms with Gasteiger partial charge in [0.05, 0.1) is 22.4 Å². The Labute approximate surface area is 214 Å². The summed E-state index contributed by atoms with van der Waals surface area (Å²) >= 11 is 5.99. The number of aryl methyl sites for hydroxylation is 1. The molecule has 6 nitrogen and oxygen atoms in total. The smallest absolute Gasteiger partial charge is 0.303 e. The molecule has 0 aliphatic carbocycles. The SMILES string of the molecule is O=C(O)CCCCc1nc2cc(C(=O)N3CC(c4ccc(Cl)cc4)C3)ccc2nc1-c1ccccc1. The molecule has 7 heteroatoms. The molecule has 182 valence electrons. The van der Waals surface area contributed by atoms with Gasteiger partial charge in [0, 0.05) is 41.6 Å². The number of unbranched alkanes of at least 4 members (excludes halogenated alkanes) is 1. The first-order valence-electron chi connectivity index (χ1n) is 12.1. The Kier molecular flexibility index (Phi) is 6.96. The Bertz CT molecular complexity index is 1400. The molecule has 1 fully saturated rings. The van der Waals surface area contributed by atoms with Crippen LogP contribution >= 0.6 is 11.6 Å². The largest absolute Gasteiger partial charge is 0.481 e. The van der Waals surface area contributed by atoms with Crippen molar-refractivity contribution in [3.05, 3.63) is 94.6 Å². The second-order valence-corrected chi connectivity index (χ2v) is 9.58. The van der Waals surface area contributed by atoms with Gasteiger partial charge in [0.1, 0.15) is 0 Å². The molecule has 1 N–H and O–H groups in total. The van der Waals surface area contributed by atoms with Gasteiger partial charge in [0.25, 0.3) is 5.91 Å². The third kappa shape index (κ3) is 5.24. The van der Waals surface area contributed by atoms with Crippen LogP contribution in [0.15, 0.2) is 72.8 Å². The fourth-order valence-corrected chi connectivity index (χ4v) is 4.69. The van der Waals surface area contributed by atoms with Gasteiger partial charge >= 0.3 is 5.97 Å². The second-order valence-electron chi connectivity index (χ2n) is 9.15. The summed E-state index contributed by atoms with van der Waals surface area (Å²) in [7, 11) is 0. The number of nitrogens with zero attached hydrogens (tertiary/aromatic N) is 3. The Hall–Kier alpha value is -3.77. The van der Waals surface area contributed by atoms with Gasteiger partial charge in [0.15, 0.2) is 0 Å². The standard InChI is InChI=1S/C29H26ClN3O3/c30-23-13-10-19(11-14-23)22-17-33(18-22)29(36)21-12-15-24-26(16-21)31-25(8-4-5-9-27(34)35)28(32-24)20-6-2-1-3-7-20/h1-3,6-7,10-16,22H,4-5,8-9,17-18H2,(H,34,35). The van der Waals surface area contributed by atoms with Crippen molar-refractivity contribution < 1.29 is 14.7 Å². The summed E-state index contributed by atoms with van der Waals surface area (Å²) in [5.41, 5.74) is 5.76. The lowest BCUT2D eigenvalue weighted by Gasteiger charge is -2.39. The maximum atomic E-state index is 13.2. The molecule has 4 aromatic rings. The highest BCUT2D eigenvalue weighted by Crippen LogP contribution is 2.30. The van der Waals surface area contributed by atoms with Crippen LogP contribution in [0.3, 0.4) is 0 Å². The molecule has 1 aliphatic heterocycles. The number of carbonyl (C=O) groups excluding carboxylic acids is 1. The molecule has 0 spiro atoms. The summed E-state index contributed by atoms with van der Waals surface area (Å²) in [6, 6.07) is 23.1. The topological polar surface area (TPSA) is 83.4 Å². The van der Waals surface area contributed by atoms with Gasteiger partial charge in [-0.05, 0) is 55.2 Å². The normalized spacial score (nSPS) is 13.5. The lowest BCUT2D eigenvalue weighted by atomic mass is 9.91. The maximum absolute atomic E-state index is 13.2. The number of likely N-dealkylation sites (tertiary alicyclic amines) is 1. The number of halogens is 1. The molecule has 0 saturated carbocycles. The number of aliphatic carboxylic acids is 1. The van der Waals surface area contributed by atoms with Gasteiger partial charge in [-0.15, -0.1) is 0 Å². The molecular formula is C29H26ClN3O3. The van der Waals surface area contributed by atoms with Crippen molar-refractivity contribution >= 4 is 34.5 Å². The van der Waals surface area contributed by atoms with Crippen molar-refractivity contribution in [3.63, 3.8) is 0 Å². The molecule has 0 radical (unpaired) electrons. The summed E-state index contributed by atoms with van der Waals surface area (Å²) in [6.45, 7) is 1.35. The van der Waals surface area contributed by atoms with E-state index in [2.05, 4.69) is 0 Å². The van der Waals surface area contributed by atoms with Crippen LogP contribution in [-0.2, 0) is 11.2 Å². The van der Waals surface area contributed by atoms with Crippen LogP contribution in [-0.4, -0.2) is 44.9 Å². The molecule has 36 heavy (non-hydrogen) atoms. The fourth-order valence-electron chi connectivity index (χ4n) is 4.57. The quantitative estimate of drug-likeness (QED) is 0.301. The Balaban J connectivity index is 1.37. The monoisotopic (exact) mass is 499 g/mol. The van der Waals surface area contributed by atoms with Crippen LogP contribution < -0.4 is 0 Å². The first-order valence-corrected chi connectivity index (χ1v) is 12.5. The van der Waals surface area contributed by atoms with Gasteiger partial charge in [-0.1, -0.05) is 54.1 Å². The lowest BCUT2D eigenvalue weighted by Crippen LogP contribution is -2.48. The van der Waals surface area contributed by atoms with Crippen LogP contribution in [0, 0.1) is 0 Å². The van der Waals surface area contributed by atoms with Gasteiger partial charge in [0.2, 0.25) is 0 Å². The van der Waals surface area contributed by atoms with E-state index in [9.17, 15) is 9.59 Å². The highest BCUT2D eigenvalue weighted by Gasteiger charge is 2.32. The minimum Gasteiger partial charge on any atom is -0.481 e. The van der Waals surface area contributed by atoms with Gasteiger partial charge in [-0.25, -0.2) is 9.97 Å². The van der Waals surface area contributed by atoms with Crippen molar-refractivity contribution in [2.24, 2.45) is 0 Å². The van der Waals surface area contributed by atoms with E-state index >= 15 is 0 Å². The molecule has 0 atom stereocenters. The van der Waals surface area contributed by atoms with E-state index in [0.29, 0.717) is 54.4 Å². The van der Waals surface area contributed by atoms with Crippen molar-refractivity contribution in [2.45, 2.75) is 31.6 Å². The Morgan fingerprint density at radius 3 is 2.39 bits per heavy atom. The number of fused-ring (bicyclic) bond motifs is 1. The summed E-state index contributed by atoms with van der Waals surface area (Å²) in [5, 5.41) is 9.67. The average Bonchev–Trinajstić information content (AvgIpc) is 2.86. The van der Waals surface area contributed by atoms with E-state index in [0.717, 1.165) is 22.5 Å². The number of aromatic nitrogens is 2. The average molecular weight is 500 g/mol. The van der Waals surface area contributed by atoms with Crippen LogP contribution in [0.25, 0.3) is 22.3 Å². The van der Waals surface area contributed by atoms with Crippen LogP contribution in [0.1, 0.15) is 46.8 Å². The highest BCUT2D eigenvalue weighted by atomic mass is 35.5. The van der Waals surface area contributed by atoms with E-state index in [1.807, 2.05) is 77.7 Å².